The number of nitro benzene ring substituents is 1. The number of nitrogens with two attached hydrogens (primary N) is 1. The zero-order valence-electron chi connectivity index (χ0n) is 41.7. The van der Waals surface area contributed by atoms with E-state index in [1.165, 1.54) is 63.2 Å². The molecule has 0 saturated heterocycles. The fraction of sp³-hybridized carbons (Fsp3) is 0.0980. The van der Waals surface area contributed by atoms with Crippen molar-refractivity contribution < 1.29 is 84.0 Å². The van der Waals surface area contributed by atoms with Crippen LogP contribution in [0.4, 0.5) is 42.1 Å². The first-order chi connectivity index (χ1) is 37.9. The highest BCUT2D eigenvalue weighted by Gasteiger charge is 2.19. The molecule has 0 bridgehead atoms. The normalized spacial score (nSPS) is 9.78. The molecule has 0 aliphatic heterocycles. The Kier molecular flexibility index (Phi) is 32.6. The molecule has 4 N–H and O–H groups in total. The Balaban J connectivity index is 0.000000481. The molecular weight excluding hydrogens is 1450 g/mol. The van der Waals surface area contributed by atoms with Gasteiger partial charge in [-0.25, -0.2) is 26.3 Å². The number of phenolic OH excluding ortho intramolecular Hbond substituents is 2. The van der Waals surface area contributed by atoms with Gasteiger partial charge in [-0.2, -0.15) is 4.39 Å². The van der Waals surface area contributed by atoms with Gasteiger partial charge in [-0.05, 0) is 139 Å². The number of benzene rings is 7. The zero-order valence-corrected chi connectivity index (χ0v) is 51.7. The van der Waals surface area contributed by atoms with Crippen molar-refractivity contribution in [1.29, 1.82) is 0 Å². The van der Waals surface area contributed by atoms with Crippen molar-refractivity contribution in [2.24, 2.45) is 0 Å². The Morgan fingerprint density at radius 2 is 0.793 bits per heavy atom. The second-order valence-electron chi connectivity index (χ2n) is 14.8. The number of rotatable bonds is 5. The van der Waals surface area contributed by atoms with E-state index in [1.807, 2.05) is 6.92 Å². The number of anilines is 1. The molecule has 0 fully saturated rings. The van der Waals surface area contributed by atoms with Crippen LogP contribution in [0, 0.1) is 57.8 Å². The number of hydrogen-bond acceptors (Lipinski definition) is 13. The second kappa shape index (κ2) is 36.0. The summed E-state index contributed by atoms with van der Waals surface area (Å²) < 4.78 is 108. The van der Waals surface area contributed by atoms with Crippen molar-refractivity contribution in [3.8, 4) is 34.5 Å². The Labute approximate surface area is 521 Å². The topological polar surface area (TPSA) is 215 Å². The number of aryl methyl sites for hydroxylation is 1. The molecule has 0 aliphatic rings. The number of ether oxygens (including phenoxy) is 4. The molecule has 0 unspecified atom stereocenters. The Morgan fingerprint density at radius 1 is 0.451 bits per heavy atom. The molecule has 0 amide bonds. The highest BCUT2D eigenvalue weighted by atomic mass is 79.9. The van der Waals surface area contributed by atoms with Gasteiger partial charge in [0.05, 0.1) is 60.2 Å². The van der Waals surface area contributed by atoms with Crippen LogP contribution in [-0.4, -0.2) is 39.0 Å². The molecule has 0 atom stereocenters. The number of halogens is 17. The van der Waals surface area contributed by atoms with Gasteiger partial charge in [-0.3, -0.25) is 29.3 Å². The highest BCUT2D eigenvalue weighted by Crippen LogP contribution is 2.34. The van der Waals surface area contributed by atoms with Gasteiger partial charge in [-0.1, -0.05) is 81.2 Å². The smallest absolute Gasteiger partial charge is 0.308 e. The summed E-state index contributed by atoms with van der Waals surface area (Å²) in [5, 5.41) is 28.5. The Bertz CT molecular complexity index is 3230. The number of nitro groups is 1. The predicted octanol–water partition coefficient (Wildman–Crippen LogP) is 18.6. The number of phenols is 2. The van der Waals surface area contributed by atoms with Crippen molar-refractivity contribution in [3.63, 3.8) is 0 Å². The van der Waals surface area contributed by atoms with Crippen molar-refractivity contribution in [2.75, 3.05) is 5.73 Å². The van der Waals surface area contributed by atoms with Crippen LogP contribution >= 0.6 is 129 Å². The maximum atomic E-state index is 13.0. The lowest BCUT2D eigenvalue weighted by Gasteiger charge is -2.05. The first-order valence-corrected chi connectivity index (χ1v) is 26.3. The summed E-state index contributed by atoms with van der Waals surface area (Å²) in [5.41, 5.74) is 5.20. The average Bonchev–Trinajstić information content (AvgIpc) is 3.39. The summed E-state index contributed by atoms with van der Waals surface area (Å²) in [6, 6.07) is 18.2. The zero-order chi connectivity index (χ0) is 63.0. The third-order valence-electron chi connectivity index (χ3n) is 8.23. The molecule has 14 nitrogen and oxygen atoms in total. The van der Waals surface area contributed by atoms with Gasteiger partial charge < -0.3 is 34.9 Å². The van der Waals surface area contributed by atoms with E-state index in [1.54, 1.807) is 6.07 Å². The first kappa shape index (κ1) is 74.2. The van der Waals surface area contributed by atoms with Crippen LogP contribution in [0.3, 0.4) is 0 Å². The average molecular weight is 1490 g/mol. The van der Waals surface area contributed by atoms with Crippen LogP contribution in [0.2, 0.25) is 35.2 Å². The molecule has 7 aromatic rings. The lowest BCUT2D eigenvalue weighted by atomic mass is 10.2. The molecule has 82 heavy (non-hydrogen) atoms. The molecule has 0 aliphatic carbocycles. The summed E-state index contributed by atoms with van der Waals surface area (Å²) in [5.74, 6) is -6.24. The minimum atomic E-state index is -1.08. The number of carbonyl (C=O) groups is 4. The van der Waals surface area contributed by atoms with Gasteiger partial charge in [-0.15, -0.1) is 0 Å². The van der Waals surface area contributed by atoms with E-state index in [0.717, 1.165) is 61.0 Å². The van der Waals surface area contributed by atoms with Crippen molar-refractivity contribution in [3.05, 3.63) is 202 Å². The summed E-state index contributed by atoms with van der Waals surface area (Å²) in [6.07, 6.45) is 0. The molecule has 7 rings (SSSR count). The van der Waals surface area contributed by atoms with E-state index in [0.29, 0.717) is 9.50 Å². The lowest BCUT2D eigenvalue weighted by molar-refractivity contribution is -0.387. The van der Waals surface area contributed by atoms with E-state index in [2.05, 4.69) is 62.0 Å². The maximum absolute atomic E-state index is 13.0. The molecule has 0 heterocycles. The minimum absolute atomic E-state index is 0.0145. The largest absolute Gasteiger partial charge is 0.506 e. The van der Waals surface area contributed by atoms with Gasteiger partial charge in [0.25, 0.3) is 0 Å². The van der Waals surface area contributed by atoms with Crippen LogP contribution < -0.4 is 24.7 Å². The van der Waals surface area contributed by atoms with Crippen LogP contribution in [0.1, 0.15) is 33.3 Å². The monoisotopic (exact) mass is 1480 g/mol. The number of nitrogens with zero attached hydrogens (tertiary/aromatic N) is 1. The molecule has 31 heteroatoms. The third kappa shape index (κ3) is 27.5. The Hall–Kier alpha value is -5.80. The lowest BCUT2D eigenvalue weighted by Crippen LogP contribution is -2.03. The number of hydrogen-bond donors (Lipinski definition) is 3. The maximum Gasteiger partial charge on any atom is 0.308 e. The van der Waals surface area contributed by atoms with Crippen LogP contribution in [0.5, 0.6) is 34.5 Å². The molecule has 440 valence electrons. The number of aromatic hydroxyl groups is 2. The molecule has 0 radical (unpaired) electrons. The van der Waals surface area contributed by atoms with E-state index in [9.17, 15) is 60.0 Å². The summed E-state index contributed by atoms with van der Waals surface area (Å²) in [4.78, 5) is 51.6. The van der Waals surface area contributed by atoms with E-state index < -0.39 is 69.4 Å². The van der Waals surface area contributed by atoms with Gasteiger partial charge in [0.2, 0.25) is 5.82 Å². The van der Waals surface area contributed by atoms with Crippen LogP contribution in [0.15, 0.2) is 110 Å². The molecular formula is C51H35Br3Cl7F7N2O12. The summed E-state index contributed by atoms with van der Waals surface area (Å²) in [6.45, 7) is 6.64. The summed E-state index contributed by atoms with van der Waals surface area (Å²) in [7, 11) is 0. The number of esters is 4. The number of nitrogen functional groups attached to an aromatic ring is 1. The van der Waals surface area contributed by atoms with Crippen LogP contribution in [-0.2, 0) is 19.2 Å². The fourth-order valence-electron chi connectivity index (χ4n) is 4.73. The van der Waals surface area contributed by atoms with Crippen molar-refractivity contribution >= 4 is 164 Å². The van der Waals surface area contributed by atoms with E-state index in [4.69, 9.17) is 102 Å². The first-order valence-electron chi connectivity index (χ1n) is 21.2. The predicted molar refractivity (Wildman–Crippen MR) is 307 cm³/mol. The second-order valence-corrected chi connectivity index (χ2v) is 20.2. The third-order valence-corrected chi connectivity index (χ3v) is 12.3. The van der Waals surface area contributed by atoms with E-state index in [-0.39, 0.29) is 85.1 Å². The highest BCUT2D eigenvalue weighted by molar-refractivity contribution is 9.11. The van der Waals surface area contributed by atoms with Crippen LogP contribution in [0.25, 0.3) is 0 Å². The SMILES string of the molecule is CC(=O)Oc1cc(Br)c(F)cc1Cl.CC(=O)Oc1cc(N)c(F)cc1Cl.CC(=O)Oc1cc([N+](=O)[O-])c(F)cc1Cl.CC(=O)Oc1ccc(F)cc1Cl.Cc1cc(Br)c(F)cc1Cl.Oc1cc(Br)c(F)cc1Cl.Oc1ccc(F)cc1Cl. The van der Waals surface area contributed by atoms with E-state index >= 15 is 0 Å². The quantitative estimate of drug-likeness (QED) is 0.0278. The fourth-order valence-corrected chi connectivity index (χ4v) is 7.09. The van der Waals surface area contributed by atoms with Gasteiger partial charge in [0.1, 0.15) is 52.2 Å². The number of carbonyl (C=O) groups excluding carboxylic acids is 4. The minimum Gasteiger partial charge on any atom is -0.506 e. The van der Waals surface area contributed by atoms with Crippen molar-refractivity contribution in [2.45, 2.75) is 34.6 Å². The van der Waals surface area contributed by atoms with Gasteiger partial charge >= 0.3 is 29.6 Å². The standard InChI is InChI=1S/C8H5BrClFO2.C8H5ClFNO4.C8H7ClFNO2.C8H6ClFO2.C7H5BrClF.C6H3BrClFO.C6H4ClFO/c1-4(12)13-8-2-5(9)7(11)3-6(8)10;1-4(12)15-8-3-7(11(13)14)6(10)2-5(8)9;1-4(12)13-8-3-7(11)6(10)2-5(8)9;1-5(11)12-8-3-2-6(10)4-7(8)9;1-4-2-5(8)7(10)3-6(4)9;7-3-1-6(10)4(8)2-5(3)9;7-5-3-4(8)1-2-6(5)9/h2-3H,1H3;2-3H,1H3;2-3H,11H2,1H3;2-4H,1H3;2-3H,1H3;1-2,10H;1-3,9H. The van der Waals surface area contributed by atoms with Crippen molar-refractivity contribution in [1.82, 2.24) is 0 Å². The molecule has 7 aromatic carbocycles. The summed E-state index contributed by atoms with van der Waals surface area (Å²) >= 11 is 47.4. The molecule has 0 aromatic heterocycles. The molecule has 0 saturated carbocycles. The molecule has 0 spiro atoms. The van der Waals surface area contributed by atoms with Gasteiger partial charge in [0.15, 0.2) is 17.2 Å². The van der Waals surface area contributed by atoms with Gasteiger partial charge in [0, 0.05) is 44.9 Å². The Morgan fingerprint density at radius 3 is 1.21 bits per heavy atom.